The Morgan fingerprint density at radius 1 is 1.43 bits per heavy atom. The maximum absolute atomic E-state index is 12.1. The summed E-state index contributed by atoms with van der Waals surface area (Å²) in [5.41, 5.74) is 0.191. The van der Waals surface area contributed by atoms with Crippen LogP contribution in [-0.2, 0) is 13.8 Å². The van der Waals surface area contributed by atoms with Crippen LogP contribution in [-0.4, -0.2) is 33.7 Å². The normalized spacial score (nSPS) is 18.0. The van der Waals surface area contributed by atoms with Crippen molar-refractivity contribution < 1.29 is 31.1 Å². The minimum absolute atomic E-state index is 0.162. The Hall–Kier alpha value is -1.48. The molecule has 1 aromatic carbocycles. The third-order valence-corrected chi connectivity index (χ3v) is 4.17. The first-order valence-corrected chi connectivity index (χ1v) is 7.95. The van der Waals surface area contributed by atoms with Gasteiger partial charge in [-0.2, -0.15) is 13.2 Å². The lowest BCUT2D eigenvalue weighted by molar-refractivity contribution is -0.139. The lowest BCUT2D eigenvalue weighted by Gasteiger charge is -2.12. The molecule has 0 fully saturated rings. The van der Waals surface area contributed by atoms with Crippen molar-refractivity contribution in [2.45, 2.75) is 17.0 Å². The molecule has 0 aliphatic carbocycles. The summed E-state index contributed by atoms with van der Waals surface area (Å²) in [6.07, 6.45) is -4.53. The highest BCUT2D eigenvalue weighted by Gasteiger charge is 2.34. The second-order valence-electron chi connectivity index (χ2n) is 4.33. The summed E-state index contributed by atoms with van der Waals surface area (Å²) in [5.74, 6) is -1.66. The first-order valence-electron chi connectivity index (χ1n) is 5.64. The third kappa shape index (κ3) is 3.79. The van der Waals surface area contributed by atoms with Crippen molar-refractivity contribution >= 4 is 25.6 Å². The topological polar surface area (TPSA) is 72.5 Å². The van der Waals surface area contributed by atoms with Crippen molar-refractivity contribution in [2.75, 3.05) is 13.2 Å². The smallest absolute Gasteiger partial charge is 0.405 e. The number of halogens is 4. The van der Waals surface area contributed by atoms with Crippen molar-refractivity contribution in [2.24, 2.45) is 0 Å². The van der Waals surface area contributed by atoms with Crippen molar-refractivity contribution in [3.8, 4) is 5.75 Å². The lowest BCUT2D eigenvalue weighted by Crippen LogP contribution is -2.37. The zero-order valence-corrected chi connectivity index (χ0v) is 11.8. The standard InChI is InChI=1S/C11H9ClF3NO4S/c12-21(18,19)6-1-2-9-7(3-6)8(4-20-9)10(17)16-5-11(13,14)15/h1-3,8H,4-5H2,(H,16,17). The number of fused-ring (bicyclic) bond motifs is 1. The number of hydrogen-bond acceptors (Lipinski definition) is 4. The van der Waals surface area contributed by atoms with Crippen LogP contribution < -0.4 is 10.1 Å². The fourth-order valence-corrected chi connectivity index (χ4v) is 2.66. The molecule has 0 bridgehead atoms. The molecule has 1 aliphatic rings. The number of amides is 1. The number of carbonyl (C=O) groups excluding carboxylic acids is 1. The molecule has 0 saturated heterocycles. The number of rotatable bonds is 3. The Kier molecular flexibility index (Phi) is 4.07. The van der Waals surface area contributed by atoms with Gasteiger partial charge >= 0.3 is 6.18 Å². The van der Waals surface area contributed by atoms with Gasteiger partial charge in [0.15, 0.2) is 0 Å². The van der Waals surface area contributed by atoms with E-state index in [1.165, 1.54) is 12.1 Å². The summed E-state index contributed by atoms with van der Waals surface area (Å²) >= 11 is 0. The summed E-state index contributed by atoms with van der Waals surface area (Å²) in [7, 11) is 1.19. The van der Waals surface area contributed by atoms with Gasteiger partial charge in [0.05, 0.1) is 4.90 Å². The number of ether oxygens (including phenoxy) is 1. The third-order valence-electron chi connectivity index (χ3n) is 2.82. The van der Waals surface area contributed by atoms with Crippen molar-refractivity contribution in [1.29, 1.82) is 0 Å². The fourth-order valence-electron chi connectivity index (χ4n) is 1.87. The first kappa shape index (κ1) is 15.9. The Bertz CT molecular complexity index is 675. The molecule has 1 aromatic rings. The van der Waals surface area contributed by atoms with E-state index >= 15 is 0 Å². The quantitative estimate of drug-likeness (QED) is 0.849. The summed E-state index contributed by atoms with van der Waals surface area (Å²) in [6.45, 7) is -1.63. The van der Waals surface area contributed by atoms with Crippen molar-refractivity contribution in [3.05, 3.63) is 23.8 Å². The van der Waals surface area contributed by atoms with Gasteiger partial charge in [0.2, 0.25) is 5.91 Å². The van der Waals surface area contributed by atoms with Gasteiger partial charge in [0, 0.05) is 16.2 Å². The fraction of sp³-hybridized carbons (Fsp3) is 0.364. The lowest BCUT2D eigenvalue weighted by atomic mass is 10.0. The largest absolute Gasteiger partial charge is 0.492 e. The van der Waals surface area contributed by atoms with E-state index in [4.69, 9.17) is 15.4 Å². The van der Waals surface area contributed by atoms with E-state index in [1.807, 2.05) is 0 Å². The predicted octanol–water partition coefficient (Wildman–Crippen LogP) is 1.77. The Labute approximate surface area is 122 Å². The number of alkyl halides is 3. The number of benzene rings is 1. The molecule has 1 N–H and O–H groups in total. The second-order valence-corrected chi connectivity index (χ2v) is 6.90. The van der Waals surface area contributed by atoms with E-state index in [2.05, 4.69) is 0 Å². The molecule has 5 nitrogen and oxygen atoms in total. The average Bonchev–Trinajstić information content (AvgIpc) is 2.76. The summed E-state index contributed by atoms with van der Waals surface area (Å²) in [6, 6.07) is 3.63. The monoisotopic (exact) mass is 343 g/mol. The number of carbonyl (C=O) groups is 1. The van der Waals surface area contributed by atoms with Crippen molar-refractivity contribution in [3.63, 3.8) is 0 Å². The van der Waals surface area contributed by atoms with Crippen LogP contribution >= 0.6 is 10.7 Å². The van der Waals surface area contributed by atoms with Crippen LogP contribution in [0.25, 0.3) is 0 Å². The molecule has 0 spiro atoms. The van der Waals surface area contributed by atoms with Crippen LogP contribution in [0.15, 0.2) is 23.1 Å². The second kappa shape index (κ2) is 5.38. The molecule has 1 atom stereocenters. The molecule has 1 unspecified atom stereocenters. The Morgan fingerprint density at radius 2 is 2.10 bits per heavy atom. The molecule has 1 heterocycles. The van der Waals surface area contributed by atoms with E-state index in [1.54, 1.807) is 5.32 Å². The van der Waals surface area contributed by atoms with E-state index < -0.39 is 33.6 Å². The Balaban J connectivity index is 2.23. The molecule has 1 aliphatic heterocycles. The van der Waals surface area contributed by atoms with Crippen LogP contribution in [0.2, 0.25) is 0 Å². The summed E-state index contributed by atoms with van der Waals surface area (Å²) in [5, 5.41) is 1.74. The van der Waals surface area contributed by atoms with Gasteiger partial charge in [-0.15, -0.1) is 0 Å². The molecule has 21 heavy (non-hydrogen) atoms. The molecular weight excluding hydrogens is 335 g/mol. The van der Waals surface area contributed by atoms with Crippen LogP contribution in [0.4, 0.5) is 13.2 Å². The maximum atomic E-state index is 12.1. The summed E-state index contributed by atoms with van der Waals surface area (Å²) < 4.78 is 63.9. The van der Waals surface area contributed by atoms with Crippen LogP contribution in [0.1, 0.15) is 11.5 Å². The number of hydrogen-bond donors (Lipinski definition) is 1. The highest BCUT2D eigenvalue weighted by molar-refractivity contribution is 8.13. The van der Waals surface area contributed by atoms with E-state index in [-0.39, 0.29) is 22.8 Å². The molecule has 10 heteroatoms. The minimum atomic E-state index is -4.53. The van der Waals surface area contributed by atoms with Gasteiger partial charge in [-0.25, -0.2) is 8.42 Å². The van der Waals surface area contributed by atoms with Crippen molar-refractivity contribution in [1.82, 2.24) is 5.32 Å². The Morgan fingerprint density at radius 3 is 2.67 bits per heavy atom. The zero-order chi connectivity index (χ0) is 15.8. The van der Waals surface area contributed by atoms with E-state index in [9.17, 15) is 26.4 Å². The molecule has 1 amide bonds. The van der Waals surface area contributed by atoms with Gasteiger partial charge in [0.25, 0.3) is 9.05 Å². The molecule has 2 rings (SSSR count). The molecule has 0 radical (unpaired) electrons. The van der Waals surface area contributed by atoms with Crippen LogP contribution in [0, 0.1) is 0 Å². The molecular formula is C11H9ClF3NO4S. The van der Waals surface area contributed by atoms with Crippen LogP contribution in [0.5, 0.6) is 5.75 Å². The first-order chi connectivity index (χ1) is 9.58. The zero-order valence-electron chi connectivity index (χ0n) is 10.3. The van der Waals surface area contributed by atoms with E-state index in [0.717, 1.165) is 6.07 Å². The number of nitrogens with one attached hydrogen (secondary N) is 1. The van der Waals surface area contributed by atoms with Crippen LogP contribution in [0.3, 0.4) is 0 Å². The van der Waals surface area contributed by atoms with Gasteiger partial charge in [-0.3, -0.25) is 4.79 Å². The predicted molar refractivity (Wildman–Crippen MR) is 66.8 cm³/mol. The van der Waals surface area contributed by atoms with Gasteiger partial charge in [-0.1, -0.05) is 0 Å². The van der Waals surface area contributed by atoms with Gasteiger partial charge < -0.3 is 10.1 Å². The average molecular weight is 344 g/mol. The van der Waals surface area contributed by atoms with Gasteiger partial charge in [-0.05, 0) is 18.2 Å². The molecule has 0 saturated carbocycles. The highest BCUT2D eigenvalue weighted by atomic mass is 35.7. The highest BCUT2D eigenvalue weighted by Crippen LogP contribution is 2.36. The molecule has 116 valence electrons. The minimum Gasteiger partial charge on any atom is -0.492 e. The maximum Gasteiger partial charge on any atom is 0.405 e. The summed E-state index contributed by atoms with van der Waals surface area (Å²) in [4.78, 5) is 11.5. The van der Waals surface area contributed by atoms with Gasteiger partial charge in [0.1, 0.15) is 24.8 Å². The molecule has 0 aromatic heterocycles. The SMILES string of the molecule is O=C(NCC(F)(F)F)C1COc2ccc(S(=O)(=O)Cl)cc21. The van der Waals surface area contributed by atoms with E-state index in [0.29, 0.717) is 0 Å².